The number of aromatic nitrogens is 2. The summed E-state index contributed by atoms with van der Waals surface area (Å²) in [6, 6.07) is 7.92. The first-order valence-electron chi connectivity index (χ1n) is 6.23. The Morgan fingerprint density at radius 2 is 2.06 bits per heavy atom. The van der Waals surface area contributed by atoms with E-state index in [0.29, 0.717) is 0 Å². The number of ether oxygens (including phenoxy) is 1. The third-order valence-electron chi connectivity index (χ3n) is 2.72. The Balaban J connectivity index is 2.21. The van der Waals surface area contributed by atoms with Crippen LogP contribution in [0.25, 0.3) is 5.69 Å². The largest absolute Gasteiger partial charge is 0.494 e. The fraction of sp³-hybridized carbons (Fsp3) is 0.357. The summed E-state index contributed by atoms with van der Waals surface area (Å²) in [4.78, 5) is 4.14. The van der Waals surface area contributed by atoms with Gasteiger partial charge in [-0.05, 0) is 37.6 Å². The summed E-state index contributed by atoms with van der Waals surface area (Å²) in [5.74, 6) is 0.892. The van der Waals surface area contributed by atoms with Crippen LogP contribution in [0.2, 0.25) is 0 Å². The maximum absolute atomic E-state index is 5.91. The van der Waals surface area contributed by atoms with Crippen LogP contribution >= 0.6 is 0 Å². The molecule has 0 aliphatic rings. The fourth-order valence-electron chi connectivity index (χ4n) is 1.78. The highest BCUT2D eigenvalue weighted by molar-refractivity contribution is 5.39. The molecule has 0 fully saturated rings. The van der Waals surface area contributed by atoms with E-state index < -0.39 is 0 Å². The molecule has 1 aromatic heterocycles. The Morgan fingerprint density at radius 3 is 2.67 bits per heavy atom. The van der Waals surface area contributed by atoms with E-state index in [0.717, 1.165) is 30.2 Å². The van der Waals surface area contributed by atoms with Crippen LogP contribution in [0.3, 0.4) is 0 Å². The van der Waals surface area contributed by atoms with Crippen LogP contribution in [-0.4, -0.2) is 16.2 Å². The summed E-state index contributed by atoms with van der Waals surface area (Å²) >= 11 is 0. The molecule has 0 unspecified atom stereocenters. The van der Waals surface area contributed by atoms with Crippen LogP contribution in [0.5, 0.6) is 5.75 Å². The Hall–Kier alpha value is -1.81. The van der Waals surface area contributed by atoms with Crippen molar-refractivity contribution in [3.63, 3.8) is 0 Å². The predicted octanol–water partition coefficient (Wildman–Crippen LogP) is 2.68. The Kier molecular flexibility index (Phi) is 3.99. The zero-order valence-electron chi connectivity index (χ0n) is 10.8. The Labute approximate surface area is 107 Å². The normalized spacial score (nSPS) is 12.4. The van der Waals surface area contributed by atoms with Crippen molar-refractivity contribution < 1.29 is 4.74 Å². The van der Waals surface area contributed by atoms with Crippen molar-refractivity contribution in [3.8, 4) is 11.4 Å². The molecule has 0 aliphatic heterocycles. The van der Waals surface area contributed by atoms with Crippen LogP contribution in [0.15, 0.2) is 36.8 Å². The molecule has 1 aromatic carbocycles. The fourth-order valence-corrected chi connectivity index (χ4v) is 1.78. The van der Waals surface area contributed by atoms with Gasteiger partial charge in [0.15, 0.2) is 0 Å². The number of nitrogens with two attached hydrogens (primary N) is 1. The van der Waals surface area contributed by atoms with Crippen molar-refractivity contribution in [2.45, 2.75) is 26.3 Å². The molecule has 0 amide bonds. The summed E-state index contributed by atoms with van der Waals surface area (Å²) < 4.78 is 7.55. The number of hydrogen-bond donors (Lipinski definition) is 1. The zero-order valence-corrected chi connectivity index (χ0v) is 10.8. The van der Waals surface area contributed by atoms with Gasteiger partial charge < -0.3 is 15.0 Å². The number of hydrogen-bond acceptors (Lipinski definition) is 3. The monoisotopic (exact) mass is 245 g/mol. The molecule has 1 atom stereocenters. The minimum absolute atomic E-state index is 0.0384. The standard InChI is InChI=1S/C14H19N3O/c1-3-8-18-13-6-4-12(5-7-13)17-10-16-9-14(17)11(2)15/h4-7,9-11H,3,8,15H2,1-2H3/t11-/m1/s1. The van der Waals surface area contributed by atoms with Gasteiger partial charge in [-0.1, -0.05) is 6.92 Å². The zero-order chi connectivity index (χ0) is 13.0. The lowest BCUT2D eigenvalue weighted by Crippen LogP contribution is -2.10. The van der Waals surface area contributed by atoms with Gasteiger partial charge in [0.2, 0.25) is 0 Å². The third kappa shape index (κ3) is 2.71. The first-order valence-corrected chi connectivity index (χ1v) is 6.23. The van der Waals surface area contributed by atoms with Crippen molar-refractivity contribution in [3.05, 3.63) is 42.5 Å². The molecule has 2 aromatic rings. The van der Waals surface area contributed by atoms with Crippen molar-refractivity contribution >= 4 is 0 Å². The van der Waals surface area contributed by atoms with E-state index in [2.05, 4.69) is 11.9 Å². The van der Waals surface area contributed by atoms with Crippen LogP contribution in [0.1, 0.15) is 32.0 Å². The van der Waals surface area contributed by atoms with E-state index in [4.69, 9.17) is 10.5 Å². The van der Waals surface area contributed by atoms with Gasteiger partial charge in [0, 0.05) is 11.7 Å². The van der Waals surface area contributed by atoms with E-state index in [1.807, 2.05) is 35.8 Å². The third-order valence-corrected chi connectivity index (χ3v) is 2.72. The summed E-state index contributed by atoms with van der Waals surface area (Å²) in [5, 5.41) is 0. The molecule has 2 rings (SSSR count). The van der Waals surface area contributed by atoms with Gasteiger partial charge in [0.1, 0.15) is 5.75 Å². The van der Waals surface area contributed by atoms with Crippen LogP contribution < -0.4 is 10.5 Å². The van der Waals surface area contributed by atoms with E-state index in [1.165, 1.54) is 0 Å². The van der Waals surface area contributed by atoms with Gasteiger partial charge in [0.05, 0.1) is 24.8 Å². The van der Waals surface area contributed by atoms with Gasteiger partial charge in [-0.3, -0.25) is 0 Å². The molecule has 0 bridgehead atoms. The topological polar surface area (TPSA) is 53.1 Å². The summed E-state index contributed by atoms with van der Waals surface area (Å²) in [6.45, 7) is 4.79. The number of rotatable bonds is 5. The highest BCUT2D eigenvalue weighted by Crippen LogP contribution is 2.19. The van der Waals surface area contributed by atoms with E-state index in [1.54, 1.807) is 12.5 Å². The maximum Gasteiger partial charge on any atom is 0.119 e. The highest BCUT2D eigenvalue weighted by atomic mass is 16.5. The quantitative estimate of drug-likeness (QED) is 0.881. The first kappa shape index (κ1) is 12.6. The Morgan fingerprint density at radius 1 is 1.33 bits per heavy atom. The summed E-state index contributed by atoms with van der Waals surface area (Å²) in [5.41, 5.74) is 7.95. The molecule has 4 nitrogen and oxygen atoms in total. The van der Waals surface area contributed by atoms with Gasteiger partial charge in [-0.25, -0.2) is 4.98 Å². The molecule has 18 heavy (non-hydrogen) atoms. The second-order valence-corrected chi connectivity index (χ2v) is 4.32. The molecular weight excluding hydrogens is 226 g/mol. The smallest absolute Gasteiger partial charge is 0.119 e. The molecule has 0 aliphatic carbocycles. The maximum atomic E-state index is 5.91. The summed E-state index contributed by atoms with van der Waals surface area (Å²) in [7, 11) is 0. The molecule has 0 saturated carbocycles. The van der Waals surface area contributed by atoms with Crippen LogP contribution in [0.4, 0.5) is 0 Å². The number of imidazole rings is 1. The number of benzene rings is 1. The lowest BCUT2D eigenvalue weighted by atomic mass is 10.2. The minimum Gasteiger partial charge on any atom is -0.494 e. The van der Waals surface area contributed by atoms with Crippen molar-refractivity contribution in [2.24, 2.45) is 5.73 Å². The first-order chi connectivity index (χ1) is 8.72. The van der Waals surface area contributed by atoms with Gasteiger partial charge >= 0.3 is 0 Å². The second-order valence-electron chi connectivity index (χ2n) is 4.32. The SMILES string of the molecule is CCCOc1ccc(-n2cncc2[C@@H](C)N)cc1. The average Bonchev–Trinajstić information content (AvgIpc) is 2.86. The highest BCUT2D eigenvalue weighted by Gasteiger charge is 2.08. The van der Waals surface area contributed by atoms with Crippen molar-refractivity contribution in [1.29, 1.82) is 0 Å². The molecular formula is C14H19N3O. The molecule has 4 heteroatoms. The Bertz CT molecular complexity index is 488. The minimum atomic E-state index is -0.0384. The summed E-state index contributed by atoms with van der Waals surface area (Å²) in [6.07, 6.45) is 4.59. The van der Waals surface area contributed by atoms with Crippen molar-refractivity contribution in [1.82, 2.24) is 9.55 Å². The van der Waals surface area contributed by atoms with Crippen LogP contribution in [0, 0.1) is 0 Å². The van der Waals surface area contributed by atoms with E-state index in [-0.39, 0.29) is 6.04 Å². The van der Waals surface area contributed by atoms with Crippen LogP contribution in [-0.2, 0) is 0 Å². The average molecular weight is 245 g/mol. The molecule has 96 valence electrons. The van der Waals surface area contributed by atoms with Gasteiger partial charge in [-0.15, -0.1) is 0 Å². The lowest BCUT2D eigenvalue weighted by Gasteiger charge is -2.11. The molecule has 0 radical (unpaired) electrons. The second kappa shape index (κ2) is 5.69. The van der Waals surface area contributed by atoms with E-state index in [9.17, 15) is 0 Å². The van der Waals surface area contributed by atoms with Gasteiger partial charge in [-0.2, -0.15) is 0 Å². The van der Waals surface area contributed by atoms with Crippen molar-refractivity contribution in [2.75, 3.05) is 6.61 Å². The molecule has 0 spiro atoms. The van der Waals surface area contributed by atoms with Gasteiger partial charge in [0.25, 0.3) is 0 Å². The van der Waals surface area contributed by atoms with E-state index >= 15 is 0 Å². The lowest BCUT2D eigenvalue weighted by molar-refractivity contribution is 0.317. The molecule has 1 heterocycles. The number of nitrogens with zero attached hydrogens (tertiary/aromatic N) is 2. The predicted molar refractivity (Wildman–Crippen MR) is 72.0 cm³/mol. The molecule has 2 N–H and O–H groups in total. The molecule has 0 saturated heterocycles.